The molecule has 26 heavy (non-hydrogen) atoms. The number of benzene rings is 1. The molecule has 0 saturated carbocycles. The van der Waals surface area contributed by atoms with Crippen molar-refractivity contribution in [2.75, 3.05) is 0 Å². The number of tetrazole rings is 1. The fourth-order valence-corrected chi connectivity index (χ4v) is 2.98. The molecule has 6 heteroatoms. The van der Waals surface area contributed by atoms with Crippen LogP contribution in [0.2, 0.25) is 0 Å². The van der Waals surface area contributed by atoms with Gasteiger partial charge in [0, 0.05) is 16.9 Å². The Balaban J connectivity index is 1.62. The Labute approximate surface area is 154 Å². The molecular weight excluding hydrogens is 326 g/mol. The first-order valence-electron chi connectivity index (χ1n) is 9.17. The van der Waals surface area contributed by atoms with E-state index in [1.54, 1.807) is 0 Å². The molecule has 3 rings (SSSR count). The lowest BCUT2D eigenvalue weighted by molar-refractivity contribution is 0.329. The molecule has 6 nitrogen and oxygen atoms in total. The molecule has 1 unspecified atom stereocenters. The zero-order valence-corrected chi connectivity index (χ0v) is 16.2. The molecule has 1 atom stereocenters. The normalized spacial score (nSPS) is 13.3. The van der Waals surface area contributed by atoms with Gasteiger partial charge in [-0.25, -0.2) is 4.98 Å². The summed E-state index contributed by atoms with van der Waals surface area (Å²) in [6.07, 6.45) is 4.00. The topological polar surface area (TPSA) is 80.5 Å². The zero-order valence-electron chi connectivity index (χ0n) is 16.2. The van der Waals surface area contributed by atoms with Gasteiger partial charge in [-0.3, -0.25) is 0 Å². The van der Waals surface area contributed by atoms with Gasteiger partial charge in [0.15, 0.2) is 5.89 Å². The van der Waals surface area contributed by atoms with E-state index in [9.17, 15) is 0 Å². The van der Waals surface area contributed by atoms with Gasteiger partial charge in [0.1, 0.15) is 5.76 Å². The van der Waals surface area contributed by atoms with Crippen LogP contribution in [0.3, 0.4) is 0 Å². The summed E-state index contributed by atoms with van der Waals surface area (Å²) in [5, 5.41) is 14.1. The lowest BCUT2D eigenvalue weighted by Gasteiger charge is -2.24. The minimum atomic E-state index is -0.0288. The molecule has 138 valence electrons. The quantitative estimate of drug-likeness (QED) is 0.657. The number of rotatable bonds is 7. The van der Waals surface area contributed by atoms with E-state index in [2.05, 4.69) is 72.4 Å². The van der Waals surface area contributed by atoms with Gasteiger partial charge < -0.3 is 4.42 Å². The van der Waals surface area contributed by atoms with Gasteiger partial charge in [-0.1, -0.05) is 58.9 Å². The van der Waals surface area contributed by atoms with Crippen molar-refractivity contribution < 1.29 is 4.42 Å². The maximum absolute atomic E-state index is 5.97. The number of aromatic amines is 1. The lowest BCUT2D eigenvalue weighted by atomic mass is 9.81. The summed E-state index contributed by atoms with van der Waals surface area (Å²) in [6, 6.07) is 8.39. The van der Waals surface area contributed by atoms with Crippen molar-refractivity contribution >= 4 is 0 Å². The van der Waals surface area contributed by atoms with Crippen LogP contribution >= 0.6 is 0 Å². The average Bonchev–Trinajstić information content (AvgIpc) is 3.31. The van der Waals surface area contributed by atoms with Crippen LogP contribution in [0.15, 0.2) is 34.9 Å². The van der Waals surface area contributed by atoms with E-state index in [1.807, 2.05) is 18.3 Å². The van der Waals surface area contributed by atoms with Crippen molar-refractivity contribution in [1.29, 1.82) is 0 Å². The number of nitrogens with one attached hydrogen (secondary N) is 1. The second kappa shape index (κ2) is 7.40. The van der Waals surface area contributed by atoms with Crippen molar-refractivity contribution in [3.63, 3.8) is 0 Å². The first kappa shape index (κ1) is 18.3. The molecule has 2 aromatic heterocycles. The Morgan fingerprint density at radius 2 is 1.85 bits per heavy atom. The van der Waals surface area contributed by atoms with E-state index in [1.165, 1.54) is 5.56 Å². The van der Waals surface area contributed by atoms with Gasteiger partial charge in [-0.2, -0.15) is 5.21 Å². The summed E-state index contributed by atoms with van der Waals surface area (Å²) in [6.45, 7) is 10.9. The van der Waals surface area contributed by atoms with Gasteiger partial charge in [-0.05, 0) is 29.5 Å². The minimum Gasteiger partial charge on any atom is -0.445 e. The molecule has 0 aliphatic carbocycles. The van der Waals surface area contributed by atoms with E-state index >= 15 is 0 Å². The van der Waals surface area contributed by atoms with Gasteiger partial charge in [0.25, 0.3) is 0 Å². The van der Waals surface area contributed by atoms with Crippen LogP contribution < -0.4 is 0 Å². The standard InChI is InChI=1S/C20H27N5O/c1-13(2)19-21-12-17(26-19)20(4,5)11-10-14(3)15-6-8-16(9-7-15)18-22-24-25-23-18/h6-9,12-14H,10-11H2,1-5H3,(H,22,23,24,25). The zero-order chi connectivity index (χ0) is 18.7. The molecule has 0 spiro atoms. The van der Waals surface area contributed by atoms with Crippen molar-refractivity contribution in [1.82, 2.24) is 25.6 Å². The summed E-state index contributed by atoms with van der Waals surface area (Å²) in [7, 11) is 0. The third-order valence-electron chi connectivity index (χ3n) is 4.97. The fourth-order valence-electron chi connectivity index (χ4n) is 2.98. The largest absolute Gasteiger partial charge is 0.445 e. The van der Waals surface area contributed by atoms with Crippen LogP contribution in [-0.2, 0) is 5.41 Å². The molecule has 0 fully saturated rings. The molecule has 0 saturated heterocycles. The molecule has 2 heterocycles. The number of aromatic nitrogens is 5. The highest BCUT2D eigenvalue weighted by molar-refractivity contribution is 5.54. The van der Waals surface area contributed by atoms with Crippen LogP contribution in [0.5, 0.6) is 0 Å². The molecule has 0 radical (unpaired) electrons. The predicted octanol–water partition coefficient (Wildman–Crippen LogP) is 4.84. The number of nitrogens with zero attached hydrogens (tertiary/aromatic N) is 4. The monoisotopic (exact) mass is 353 g/mol. The van der Waals surface area contributed by atoms with Crippen LogP contribution in [0.25, 0.3) is 11.4 Å². The number of hydrogen-bond acceptors (Lipinski definition) is 5. The molecule has 0 aliphatic heterocycles. The van der Waals surface area contributed by atoms with E-state index in [-0.39, 0.29) is 5.41 Å². The van der Waals surface area contributed by atoms with Crippen LogP contribution in [0.1, 0.15) is 76.5 Å². The highest BCUT2D eigenvalue weighted by Gasteiger charge is 2.26. The summed E-state index contributed by atoms with van der Waals surface area (Å²) < 4.78 is 5.97. The summed E-state index contributed by atoms with van der Waals surface area (Å²) in [5.41, 5.74) is 2.25. The van der Waals surface area contributed by atoms with Gasteiger partial charge >= 0.3 is 0 Å². The molecule has 0 aliphatic rings. The minimum absolute atomic E-state index is 0.0288. The summed E-state index contributed by atoms with van der Waals surface area (Å²) in [4.78, 5) is 4.42. The first-order valence-corrected chi connectivity index (χ1v) is 9.17. The van der Waals surface area contributed by atoms with E-state index in [0.29, 0.717) is 17.7 Å². The van der Waals surface area contributed by atoms with Crippen LogP contribution in [0.4, 0.5) is 0 Å². The second-order valence-corrected chi connectivity index (χ2v) is 7.90. The van der Waals surface area contributed by atoms with Crippen molar-refractivity contribution in [3.05, 3.63) is 47.7 Å². The maximum atomic E-state index is 5.97. The highest BCUT2D eigenvalue weighted by atomic mass is 16.4. The Bertz CT molecular complexity index is 818. The molecule has 0 bridgehead atoms. The molecule has 1 N–H and O–H groups in total. The smallest absolute Gasteiger partial charge is 0.204 e. The van der Waals surface area contributed by atoms with Gasteiger partial charge in [0.2, 0.25) is 5.82 Å². The van der Waals surface area contributed by atoms with Gasteiger partial charge in [-0.15, -0.1) is 10.2 Å². The third kappa shape index (κ3) is 4.00. The molecule has 1 aromatic carbocycles. The molecule has 0 amide bonds. The Morgan fingerprint density at radius 1 is 1.12 bits per heavy atom. The second-order valence-electron chi connectivity index (χ2n) is 7.90. The predicted molar refractivity (Wildman–Crippen MR) is 101 cm³/mol. The summed E-state index contributed by atoms with van der Waals surface area (Å²) in [5.74, 6) is 3.19. The molecule has 3 aromatic rings. The van der Waals surface area contributed by atoms with Crippen LogP contribution in [-0.4, -0.2) is 25.6 Å². The van der Waals surface area contributed by atoms with Crippen molar-refractivity contribution in [2.45, 2.75) is 64.7 Å². The number of oxazole rings is 1. The van der Waals surface area contributed by atoms with E-state index in [4.69, 9.17) is 4.42 Å². The first-order chi connectivity index (χ1) is 12.4. The highest BCUT2D eigenvalue weighted by Crippen LogP contribution is 2.34. The number of hydrogen-bond donors (Lipinski definition) is 1. The third-order valence-corrected chi connectivity index (χ3v) is 4.97. The fraction of sp³-hybridized carbons (Fsp3) is 0.500. The number of H-pyrrole nitrogens is 1. The maximum Gasteiger partial charge on any atom is 0.204 e. The Hall–Kier alpha value is -2.50. The average molecular weight is 353 g/mol. The Morgan fingerprint density at radius 3 is 2.42 bits per heavy atom. The summed E-state index contributed by atoms with van der Waals surface area (Å²) >= 11 is 0. The van der Waals surface area contributed by atoms with Crippen molar-refractivity contribution in [3.8, 4) is 11.4 Å². The van der Waals surface area contributed by atoms with Gasteiger partial charge in [0.05, 0.1) is 6.20 Å². The SMILES string of the molecule is CC(C)c1ncc(C(C)(C)CCC(C)c2ccc(-c3nn[nH]n3)cc2)o1. The van der Waals surface area contributed by atoms with Crippen molar-refractivity contribution in [2.24, 2.45) is 0 Å². The van der Waals surface area contributed by atoms with Crippen LogP contribution in [0, 0.1) is 0 Å². The molecular formula is C20H27N5O. The van der Waals surface area contributed by atoms with E-state index < -0.39 is 0 Å². The lowest BCUT2D eigenvalue weighted by Crippen LogP contribution is -2.17. The van der Waals surface area contributed by atoms with E-state index in [0.717, 1.165) is 30.1 Å². The Kier molecular flexibility index (Phi) is 5.20.